The van der Waals surface area contributed by atoms with Crippen LogP contribution in [0.25, 0.3) is 0 Å². The smallest absolute Gasteiger partial charge is 0.199 e. The zero-order valence-corrected chi connectivity index (χ0v) is 13.8. The lowest BCUT2D eigenvalue weighted by atomic mass is 9.49. The van der Waals surface area contributed by atoms with Crippen LogP contribution in [0, 0.1) is 5.92 Å². The zero-order valence-electron chi connectivity index (χ0n) is 13.8. The van der Waals surface area contributed by atoms with Crippen molar-refractivity contribution in [3.63, 3.8) is 0 Å². The van der Waals surface area contributed by atoms with Crippen molar-refractivity contribution >= 4 is 5.78 Å². The fraction of sp³-hybridized carbons (Fsp3) is 0.526. The molecule has 2 bridgehead atoms. The molecule has 120 valence electrons. The van der Waals surface area contributed by atoms with Crippen LogP contribution in [0.2, 0.25) is 0 Å². The largest absolute Gasteiger partial charge is 0.493 e. The molecule has 1 aromatic rings. The number of carbonyl (C=O) groups is 1. The van der Waals surface area contributed by atoms with Gasteiger partial charge in [-0.25, -0.2) is 0 Å². The Labute approximate surface area is 136 Å². The molecule has 1 fully saturated rings. The quantitative estimate of drug-likeness (QED) is 0.796. The van der Waals surface area contributed by atoms with Crippen LogP contribution in [0.5, 0.6) is 11.5 Å². The highest BCUT2D eigenvalue weighted by atomic mass is 16.5. The molecule has 1 spiro atoms. The number of benzene rings is 1. The molecule has 4 heteroatoms. The van der Waals surface area contributed by atoms with Crippen LogP contribution in [0.15, 0.2) is 24.3 Å². The molecule has 0 radical (unpaired) electrons. The summed E-state index contributed by atoms with van der Waals surface area (Å²) in [4.78, 5) is 15.3. The Hall–Kier alpha value is -1.81. The van der Waals surface area contributed by atoms with E-state index < -0.39 is 5.60 Å². The van der Waals surface area contributed by atoms with Crippen LogP contribution in [-0.4, -0.2) is 43.0 Å². The monoisotopic (exact) mass is 311 g/mol. The minimum Gasteiger partial charge on any atom is -0.493 e. The highest BCUT2D eigenvalue weighted by Gasteiger charge is 2.70. The van der Waals surface area contributed by atoms with Gasteiger partial charge in [0.05, 0.1) is 12.5 Å². The van der Waals surface area contributed by atoms with Crippen LogP contribution >= 0.6 is 0 Å². The molecule has 0 N–H and O–H groups in total. The SMILES string of the molecule is COc1ccc2c3c1O[C@]1(C)C(=O)C=C[C@H]4[C@@H](C2)N(C)CC[C@]341. The Morgan fingerprint density at radius 2 is 2.22 bits per heavy atom. The van der Waals surface area contributed by atoms with Gasteiger partial charge in [0.25, 0.3) is 0 Å². The molecule has 0 aromatic heterocycles. The molecule has 1 saturated heterocycles. The molecule has 0 unspecified atom stereocenters. The normalized spacial score (nSPS) is 39.9. The van der Waals surface area contributed by atoms with Crippen molar-refractivity contribution in [2.45, 2.75) is 36.8 Å². The first-order valence-electron chi connectivity index (χ1n) is 8.35. The average molecular weight is 311 g/mol. The van der Waals surface area contributed by atoms with Gasteiger partial charge in [0.2, 0.25) is 0 Å². The number of ketones is 1. The van der Waals surface area contributed by atoms with Gasteiger partial charge in [-0.2, -0.15) is 0 Å². The molecule has 0 amide bonds. The van der Waals surface area contributed by atoms with Gasteiger partial charge in [-0.15, -0.1) is 0 Å². The van der Waals surface area contributed by atoms with Gasteiger partial charge in [0.15, 0.2) is 22.9 Å². The number of carbonyl (C=O) groups excluding carboxylic acids is 1. The number of rotatable bonds is 1. The predicted molar refractivity (Wildman–Crippen MR) is 86.1 cm³/mol. The van der Waals surface area contributed by atoms with E-state index in [0.29, 0.717) is 12.0 Å². The molecule has 1 aromatic carbocycles. The fourth-order valence-corrected chi connectivity index (χ4v) is 5.62. The molecule has 4 aliphatic rings. The number of ether oxygens (including phenoxy) is 2. The summed E-state index contributed by atoms with van der Waals surface area (Å²) in [7, 11) is 3.87. The standard InChI is InChI=1S/C19H21NO3/c1-18-15(21)7-5-12-13-10-11-4-6-14(22-3)17(23-18)16(11)19(12,18)8-9-20(13)2/h4-7,12-13H,8-10H2,1-3H3/t12-,13+,18+,19+/m0/s1. The average Bonchev–Trinajstić information content (AvgIpc) is 2.82. The van der Waals surface area contributed by atoms with E-state index in [-0.39, 0.29) is 11.2 Å². The van der Waals surface area contributed by atoms with E-state index in [1.165, 1.54) is 11.1 Å². The number of likely N-dealkylation sites (N-methyl/N-ethyl adjacent to an activating group) is 1. The van der Waals surface area contributed by atoms with E-state index in [9.17, 15) is 4.79 Å². The Morgan fingerprint density at radius 1 is 1.39 bits per heavy atom. The lowest BCUT2D eigenvalue weighted by molar-refractivity contribution is -0.140. The number of likely N-dealkylation sites (tertiary alicyclic amines) is 1. The molecule has 4 atom stereocenters. The van der Waals surface area contributed by atoms with Crippen LogP contribution in [0.1, 0.15) is 24.5 Å². The van der Waals surface area contributed by atoms with E-state index in [1.54, 1.807) is 13.2 Å². The summed E-state index contributed by atoms with van der Waals surface area (Å²) in [6.45, 7) is 2.99. The minimum absolute atomic E-state index is 0.0863. The summed E-state index contributed by atoms with van der Waals surface area (Å²) in [6, 6.07) is 4.59. The maximum Gasteiger partial charge on any atom is 0.199 e. The number of methoxy groups -OCH3 is 1. The summed E-state index contributed by atoms with van der Waals surface area (Å²) in [5.74, 6) is 1.96. The molecule has 0 saturated carbocycles. The maximum atomic E-state index is 12.9. The molecule has 2 heterocycles. The third-order valence-corrected chi connectivity index (χ3v) is 6.79. The number of hydrogen-bond donors (Lipinski definition) is 0. The second-order valence-corrected chi connectivity index (χ2v) is 7.49. The molecule has 2 aliphatic heterocycles. The summed E-state index contributed by atoms with van der Waals surface area (Å²) in [5, 5.41) is 0. The first-order chi connectivity index (χ1) is 11.0. The van der Waals surface area contributed by atoms with Crippen LogP contribution in [0.4, 0.5) is 0 Å². The van der Waals surface area contributed by atoms with Crippen molar-refractivity contribution in [2.24, 2.45) is 5.92 Å². The lowest BCUT2D eigenvalue weighted by Crippen LogP contribution is -2.69. The van der Waals surface area contributed by atoms with Crippen LogP contribution in [-0.2, 0) is 16.6 Å². The molecule has 4 nitrogen and oxygen atoms in total. The van der Waals surface area contributed by atoms with Crippen molar-refractivity contribution in [3.05, 3.63) is 35.4 Å². The van der Waals surface area contributed by atoms with Gasteiger partial charge in [-0.05, 0) is 51.1 Å². The van der Waals surface area contributed by atoms with Crippen molar-refractivity contribution in [2.75, 3.05) is 20.7 Å². The Kier molecular flexibility index (Phi) is 2.36. The Bertz CT molecular complexity index is 770. The lowest BCUT2D eigenvalue weighted by Gasteiger charge is -2.58. The molecular formula is C19H21NO3. The van der Waals surface area contributed by atoms with Gasteiger partial charge in [0.1, 0.15) is 0 Å². The third kappa shape index (κ3) is 1.28. The molecule has 23 heavy (non-hydrogen) atoms. The van der Waals surface area contributed by atoms with Crippen molar-refractivity contribution in [1.29, 1.82) is 0 Å². The summed E-state index contributed by atoms with van der Waals surface area (Å²) in [6.07, 6.45) is 5.85. The van der Waals surface area contributed by atoms with E-state index in [2.05, 4.69) is 24.1 Å². The minimum atomic E-state index is -0.807. The molecule has 2 aliphatic carbocycles. The van der Waals surface area contributed by atoms with Crippen LogP contribution in [0.3, 0.4) is 0 Å². The fourth-order valence-electron chi connectivity index (χ4n) is 5.62. The zero-order chi connectivity index (χ0) is 16.0. The van der Waals surface area contributed by atoms with E-state index in [4.69, 9.17) is 9.47 Å². The van der Waals surface area contributed by atoms with Crippen molar-refractivity contribution < 1.29 is 14.3 Å². The van der Waals surface area contributed by atoms with E-state index in [1.807, 2.05) is 13.0 Å². The first kappa shape index (κ1) is 13.6. The molecular weight excluding hydrogens is 290 g/mol. The molecule has 5 rings (SSSR count). The van der Waals surface area contributed by atoms with Crippen molar-refractivity contribution in [1.82, 2.24) is 4.90 Å². The number of piperidine rings is 1. The van der Waals surface area contributed by atoms with Crippen molar-refractivity contribution in [3.8, 4) is 11.5 Å². The first-order valence-corrected chi connectivity index (χ1v) is 8.35. The second-order valence-electron chi connectivity index (χ2n) is 7.49. The second kappa shape index (κ2) is 3.99. The number of hydrogen-bond acceptors (Lipinski definition) is 4. The van der Waals surface area contributed by atoms with E-state index >= 15 is 0 Å². The van der Waals surface area contributed by atoms with E-state index in [0.717, 1.165) is 30.9 Å². The van der Waals surface area contributed by atoms with Gasteiger partial charge >= 0.3 is 0 Å². The topological polar surface area (TPSA) is 38.8 Å². The number of nitrogens with zero attached hydrogens (tertiary/aromatic N) is 1. The predicted octanol–water partition coefficient (Wildman–Crippen LogP) is 2.10. The highest BCUT2D eigenvalue weighted by Crippen LogP contribution is 2.65. The summed E-state index contributed by atoms with van der Waals surface area (Å²) >= 11 is 0. The Balaban J connectivity index is 1.88. The highest BCUT2D eigenvalue weighted by molar-refractivity contribution is 6.01. The maximum absolute atomic E-state index is 12.9. The summed E-state index contributed by atoms with van der Waals surface area (Å²) in [5.41, 5.74) is 1.51. The van der Waals surface area contributed by atoms with Gasteiger partial charge in [0, 0.05) is 17.5 Å². The van der Waals surface area contributed by atoms with Gasteiger partial charge < -0.3 is 14.4 Å². The van der Waals surface area contributed by atoms with Gasteiger partial charge in [-0.3, -0.25) is 4.79 Å². The Morgan fingerprint density at radius 3 is 3.00 bits per heavy atom. The summed E-state index contributed by atoms with van der Waals surface area (Å²) < 4.78 is 11.9. The van der Waals surface area contributed by atoms with Crippen LogP contribution < -0.4 is 9.47 Å². The van der Waals surface area contributed by atoms with Gasteiger partial charge in [-0.1, -0.05) is 12.1 Å². The third-order valence-electron chi connectivity index (χ3n) is 6.79.